The number of ether oxygens (including phenoxy) is 1. The molecule has 1 aromatic carbocycles. The van der Waals surface area contributed by atoms with Gasteiger partial charge in [0.05, 0.1) is 18.9 Å². The first kappa shape index (κ1) is 15.7. The predicted molar refractivity (Wildman–Crippen MR) is 84.5 cm³/mol. The van der Waals surface area contributed by atoms with Crippen LogP contribution in [0.15, 0.2) is 18.2 Å². The zero-order chi connectivity index (χ0) is 15.4. The molecule has 22 heavy (non-hydrogen) atoms. The van der Waals surface area contributed by atoms with Gasteiger partial charge in [0.15, 0.2) is 0 Å². The zero-order valence-electron chi connectivity index (χ0n) is 12.9. The molecule has 0 spiro atoms. The third kappa shape index (κ3) is 3.97. The van der Waals surface area contributed by atoms with E-state index in [2.05, 4.69) is 5.32 Å². The van der Waals surface area contributed by atoms with Crippen molar-refractivity contribution >= 4 is 5.69 Å². The average molecular weight is 308 g/mol. The SMILES string of the molecule is OCCC(NCc1ccc(N2CCOCC2)c(F)c1)C1CC1. The van der Waals surface area contributed by atoms with Crippen molar-refractivity contribution < 1.29 is 14.2 Å². The van der Waals surface area contributed by atoms with Crippen LogP contribution in [0.25, 0.3) is 0 Å². The van der Waals surface area contributed by atoms with Gasteiger partial charge in [-0.25, -0.2) is 4.39 Å². The summed E-state index contributed by atoms with van der Waals surface area (Å²) in [7, 11) is 0. The van der Waals surface area contributed by atoms with Crippen molar-refractivity contribution in [3.63, 3.8) is 0 Å². The maximum Gasteiger partial charge on any atom is 0.146 e. The van der Waals surface area contributed by atoms with Gasteiger partial charge in [-0.1, -0.05) is 6.07 Å². The third-order valence-corrected chi connectivity index (χ3v) is 4.56. The van der Waals surface area contributed by atoms with Crippen molar-refractivity contribution in [2.45, 2.75) is 31.8 Å². The molecule has 5 heteroatoms. The highest BCUT2D eigenvalue weighted by molar-refractivity contribution is 5.49. The van der Waals surface area contributed by atoms with E-state index in [0.717, 1.165) is 25.1 Å². The number of morpholine rings is 1. The average Bonchev–Trinajstić information content (AvgIpc) is 3.37. The van der Waals surface area contributed by atoms with E-state index in [1.54, 1.807) is 6.07 Å². The van der Waals surface area contributed by atoms with E-state index in [4.69, 9.17) is 9.84 Å². The fraction of sp³-hybridized carbons (Fsp3) is 0.647. The highest BCUT2D eigenvalue weighted by atomic mass is 19.1. The Kier molecular flexibility index (Phi) is 5.28. The van der Waals surface area contributed by atoms with Crippen molar-refractivity contribution in [2.24, 2.45) is 5.92 Å². The van der Waals surface area contributed by atoms with Crippen molar-refractivity contribution in [2.75, 3.05) is 37.8 Å². The molecule has 2 fully saturated rings. The monoisotopic (exact) mass is 308 g/mol. The molecule has 4 nitrogen and oxygen atoms in total. The summed E-state index contributed by atoms with van der Waals surface area (Å²) in [5.41, 5.74) is 1.62. The smallest absolute Gasteiger partial charge is 0.146 e. The Labute approximate surface area is 131 Å². The molecular formula is C17H25FN2O2. The quantitative estimate of drug-likeness (QED) is 0.808. The number of hydrogen-bond donors (Lipinski definition) is 2. The van der Waals surface area contributed by atoms with Crippen LogP contribution < -0.4 is 10.2 Å². The number of aliphatic hydroxyl groups is 1. The minimum atomic E-state index is -0.161. The van der Waals surface area contributed by atoms with Gasteiger partial charge in [-0.05, 0) is 42.9 Å². The summed E-state index contributed by atoms with van der Waals surface area (Å²) >= 11 is 0. The number of anilines is 1. The van der Waals surface area contributed by atoms with Crippen molar-refractivity contribution in [1.29, 1.82) is 0 Å². The molecule has 1 unspecified atom stereocenters. The van der Waals surface area contributed by atoms with Crippen molar-refractivity contribution in [3.8, 4) is 0 Å². The lowest BCUT2D eigenvalue weighted by molar-refractivity contribution is 0.122. The van der Waals surface area contributed by atoms with Crippen LogP contribution in [0.3, 0.4) is 0 Å². The number of aliphatic hydroxyl groups excluding tert-OH is 1. The molecule has 1 saturated heterocycles. The van der Waals surface area contributed by atoms with E-state index in [1.807, 2.05) is 17.0 Å². The molecule has 1 aromatic rings. The van der Waals surface area contributed by atoms with Gasteiger partial charge in [0, 0.05) is 32.3 Å². The van der Waals surface area contributed by atoms with Gasteiger partial charge in [-0.3, -0.25) is 0 Å². The lowest BCUT2D eigenvalue weighted by Crippen LogP contribution is -2.36. The number of rotatable bonds is 7. The Balaban J connectivity index is 1.58. The Morgan fingerprint density at radius 2 is 2.09 bits per heavy atom. The Morgan fingerprint density at radius 3 is 2.73 bits per heavy atom. The number of hydrogen-bond acceptors (Lipinski definition) is 4. The van der Waals surface area contributed by atoms with Crippen LogP contribution in [-0.2, 0) is 11.3 Å². The predicted octanol–water partition coefficient (Wildman–Crippen LogP) is 1.91. The van der Waals surface area contributed by atoms with E-state index < -0.39 is 0 Å². The van der Waals surface area contributed by atoms with Crippen LogP contribution in [0, 0.1) is 11.7 Å². The molecule has 122 valence electrons. The van der Waals surface area contributed by atoms with Gasteiger partial charge in [0.2, 0.25) is 0 Å². The van der Waals surface area contributed by atoms with E-state index in [9.17, 15) is 4.39 Å². The summed E-state index contributed by atoms with van der Waals surface area (Å²) < 4.78 is 19.6. The normalized spacial score (nSPS) is 20.2. The largest absolute Gasteiger partial charge is 0.396 e. The molecule has 1 aliphatic heterocycles. The second-order valence-electron chi connectivity index (χ2n) is 6.22. The second-order valence-corrected chi connectivity index (χ2v) is 6.22. The standard InChI is InChI=1S/C17H25FN2O2/c18-15-11-13(12-19-16(5-8-21)14-2-3-14)1-4-17(15)20-6-9-22-10-7-20/h1,4,11,14,16,19,21H,2-3,5-10,12H2. The van der Waals surface area contributed by atoms with Gasteiger partial charge in [-0.2, -0.15) is 0 Å². The number of nitrogens with one attached hydrogen (secondary N) is 1. The highest BCUT2D eigenvalue weighted by Gasteiger charge is 2.30. The van der Waals surface area contributed by atoms with E-state index in [-0.39, 0.29) is 12.4 Å². The molecule has 0 bridgehead atoms. The Bertz CT molecular complexity index is 488. The summed E-state index contributed by atoms with van der Waals surface area (Å²) in [6.45, 7) is 3.67. The van der Waals surface area contributed by atoms with Gasteiger partial charge in [0.1, 0.15) is 5.82 Å². The van der Waals surface area contributed by atoms with Crippen molar-refractivity contribution in [1.82, 2.24) is 5.32 Å². The molecule has 1 saturated carbocycles. The van der Waals surface area contributed by atoms with Crippen LogP contribution in [0.4, 0.5) is 10.1 Å². The van der Waals surface area contributed by atoms with E-state index in [1.165, 1.54) is 12.8 Å². The number of benzene rings is 1. The van der Waals surface area contributed by atoms with Gasteiger partial charge in [0.25, 0.3) is 0 Å². The third-order valence-electron chi connectivity index (χ3n) is 4.56. The topological polar surface area (TPSA) is 44.7 Å². The minimum absolute atomic E-state index is 0.161. The molecule has 3 rings (SSSR count). The lowest BCUT2D eigenvalue weighted by Gasteiger charge is -2.29. The van der Waals surface area contributed by atoms with E-state index >= 15 is 0 Å². The van der Waals surface area contributed by atoms with Crippen LogP contribution in [-0.4, -0.2) is 44.1 Å². The molecular weight excluding hydrogens is 283 g/mol. The summed E-state index contributed by atoms with van der Waals surface area (Å²) in [6, 6.07) is 5.84. The fourth-order valence-corrected chi connectivity index (χ4v) is 3.11. The Hall–Kier alpha value is -1.17. The highest BCUT2D eigenvalue weighted by Crippen LogP contribution is 2.34. The van der Waals surface area contributed by atoms with Gasteiger partial charge >= 0.3 is 0 Å². The molecule has 0 amide bonds. The summed E-state index contributed by atoms with van der Waals surface area (Å²) in [5, 5.41) is 12.6. The van der Waals surface area contributed by atoms with E-state index in [0.29, 0.717) is 37.4 Å². The molecule has 0 aromatic heterocycles. The molecule has 2 N–H and O–H groups in total. The summed E-state index contributed by atoms with van der Waals surface area (Å²) in [4.78, 5) is 2.04. The van der Waals surface area contributed by atoms with Crippen LogP contribution in [0.1, 0.15) is 24.8 Å². The van der Waals surface area contributed by atoms with Gasteiger partial charge < -0.3 is 20.1 Å². The summed E-state index contributed by atoms with van der Waals surface area (Å²) in [5.74, 6) is 0.524. The van der Waals surface area contributed by atoms with Crippen LogP contribution in [0.5, 0.6) is 0 Å². The number of nitrogens with zero attached hydrogens (tertiary/aromatic N) is 1. The first-order valence-electron chi connectivity index (χ1n) is 8.23. The maximum absolute atomic E-state index is 14.3. The van der Waals surface area contributed by atoms with Gasteiger partial charge in [-0.15, -0.1) is 0 Å². The van der Waals surface area contributed by atoms with Crippen LogP contribution >= 0.6 is 0 Å². The maximum atomic E-state index is 14.3. The molecule has 1 heterocycles. The fourth-order valence-electron chi connectivity index (χ4n) is 3.11. The second kappa shape index (κ2) is 7.40. The zero-order valence-corrected chi connectivity index (χ0v) is 12.9. The van der Waals surface area contributed by atoms with Crippen molar-refractivity contribution in [3.05, 3.63) is 29.6 Å². The lowest BCUT2D eigenvalue weighted by atomic mass is 10.1. The molecule has 1 aliphatic carbocycles. The molecule has 2 aliphatic rings. The minimum Gasteiger partial charge on any atom is -0.396 e. The number of halogens is 1. The molecule has 1 atom stereocenters. The first-order chi connectivity index (χ1) is 10.8. The first-order valence-corrected chi connectivity index (χ1v) is 8.23. The Morgan fingerprint density at radius 1 is 1.32 bits per heavy atom. The summed E-state index contributed by atoms with van der Waals surface area (Å²) in [6.07, 6.45) is 3.25. The van der Waals surface area contributed by atoms with Crippen LogP contribution in [0.2, 0.25) is 0 Å². The molecule has 0 radical (unpaired) electrons.